The van der Waals surface area contributed by atoms with Crippen LogP contribution in [0.5, 0.6) is 0 Å². The molecule has 45 heavy (non-hydrogen) atoms. The van der Waals surface area contributed by atoms with E-state index in [2.05, 4.69) is 6.92 Å². The number of primary amides is 1. The zero-order valence-electron chi connectivity index (χ0n) is 29.0. The summed E-state index contributed by atoms with van der Waals surface area (Å²) in [6.45, 7) is 13.9. The second kappa shape index (κ2) is 20.3. The highest BCUT2D eigenvalue weighted by atomic mass is 16.6. The van der Waals surface area contributed by atoms with E-state index in [1.807, 2.05) is 72.7 Å². The van der Waals surface area contributed by atoms with Gasteiger partial charge in [-0.05, 0) is 49.8 Å². The molecule has 0 aliphatic heterocycles. The molecule has 9 nitrogen and oxygen atoms in total. The third-order valence-electron chi connectivity index (χ3n) is 8.62. The Balaban J connectivity index is 2.65. The minimum absolute atomic E-state index is 0.0709. The summed E-state index contributed by atoms with van der Waals surface area (Å²) >= 11 is 0. The Morgan fingerprint density at radius 2 is 1.62 bits per heavy atom. The monoisotopic (exact) mass is 632 g/mol. The van der Waals surface area contributed by atoms with Crippen LogP contribution in [0.3, 0.4) is 0 Å². The molecule has 0 aliphatic rings. The highest BCUT2D eigenvalue weighted by Gasteiger charge is 2.34. The standard InChI is InChI=1S/C36H60N2O7/c1-10-11-13-25(4)34(45-36(37)43)28(7)33(41)27(6)21-23(2)20-26(5)32(40)24(3)16-17-31(39)18-19-44-35(42)29-14-12-15-30(22-29)38(8)9/h12,14-17,20,22,24-28,31-34,39-41H,10-11,13,18-19,21H2,1-9H3,(H2,37,43)/b17-16-,23-20-/t24-,25-,26-,27-,28-,31+,32-,33+,34-/m0/s1. The Morgan fingerprint density at radius 1 is 0.956 bits per heavy atom. The molecule has 0 saturated heterocycles. The van der Waals surface area contributed by atoms with Crippen LogP contribution in [0.15, 0.2) is 48.1 Å². The predicted molar refractivity (Wildman–Crippen MR) is 181 cm³/mol. The Bertz CT molecular complexity index is 1090. The number of hydrogen-bond donors (Lipinski definition) is 4. The van der Waals surface area contributed by atoms with Gasteiger partial charge in [-0.3, -0.25) is 0 Å². The van der Waals surface area contributed by atoms with Crippen molar-refractivity contribution in [3.05, 3.63) is 53.6 Å². The number of esters is 1. The summed E-state index contributed by atoms with van der Waals surface area (Å²) in [5.74, 6) is -1.14. The number of hydrogen-bond acceptors (Lipinski definition) is 8. The number of amides is 1. The predicted octanol–water partition coefficient (Wildman–Crippen LogP) is 6.11. The number of benzene rings is 1. The number of rotatable bonds is 20. The van der Waals surface area contributed by atoms with Gasteiger partial charge in [-0.1, -0.05) is 84.3 Å². The van der Waals surface area contributed by atoms with E-state index in [1.54, 1.807) is 30.4 Å². The molecule has 0 aromatic heterocycles. The number of ether oxygens (including phenoxy) is 2. The molecule has 1 rings (SSSR count). The SMILES string of the molecule is CCCC[C@H](C)[C@H](OC(N)=O)[C@@H](C)[C@H](O)[C@@H](C)C/C(C)=C\[C@H](C)[C@@H](O)[C@@H](C)/C=C\[C@@H](O)CCOC(=O)c1cccc(N(C)C)c1. The van der Waals surface area contributed by atoms with Gasteiger partial charge in [-0.25, -0.2) is 9.59 Å². The number of unbranched alkanes of at least 4 members (excludes halogenated alkanes) is 1. The van der Waals surface area contributed by atoms with Gasteiger partial charge in [0.25, 0.3) is 0 Å². The van der Waals surface area contributed by atoms with Crippen molar-refractivity contribution in [2.24, 2.45) is 35.3 Å². The Morgan fingerprint density at radius 3 is 2.22 bits per heavy atom. The van der Waals surface area contributed by atoms with Gasteiger partial charge in [-0.2, -0.15) is 0 Å². The van der Waals surface area contributed by atoms with Gasteiger partial charge in [0.05, 0.1) is 30.5 Å². The van der Waals surface area contributed by atoms with E-state index in [0.717, 1.165) is 30.5 Å². The molecule has 1 aromatic carbocycles. The fraction of sp³-hybridized carbons (Fsp3) is 0.667. The Labute approximate surface area is 271 Å². The number of aliphatic hydroxyl groups excluding tert-OH is 3. The molecule has 1 aromatic rings. The largest absolute Gasteiger partial charge is 0.462 e. The number of nitrogens with two attached hydrogens (primary N) is 1. The summed E-state index contributed by atoms with van der Waals surface area (Å²) in [4.78, 5) is 25.9. The smallest absolute Gasteiger partial charge is 0.404 e. The summed E-state index contributed by atoms with van der Waals surface area (Å²) in [7, 11) is 3.79. The molecule has 0 radical (unpaired) electrons. The van der Waals surface area contributed by atoms with Gasteiger partial charge in [0.15, 0.2) is 0 Å². The van der Waals surface area contributed by atoms with Crippen molar-refractivity contribution in [1.82, 2.24) is 0 Å². The van der Waals surface area contributed by atoms with Gasteiger partial charge in [-0.15, -0.1) is 0 Å². The molecule has 9 atom stereocenters. The number of carbonyl (C=O) groups is 2. The topological polar surface area (TPSA) is 143 Å². The first-order chi connectivity index (χ1) is 21.1. The first-order valence-corrected chi connectivity index (χ1v) is 16.4. The van der Waals surface area contributed by atoms with Crippen molar-refractivity contribution >= 4 is 17.7 Å². The van der Waals surface area contributed by atoms with Crippen LogP contribution in [-0.2, 0) is 9.47 Å². The van der Waals surface area contributed by atoms with Crippen LogP contribution in [0.2, 0.25) is 0 Å². The lowest BCUT2D eigenvalue weighted by Crippen LogP contribution is -2.41. The molecule has 0 aliphatic carbocycles. The Hall–Kier alpha value is -2.88. The van der Waals surface area contributed by atoms with Crippen molar-refractivity contribution < 1.29 is 34.4 Å². The number of carbonyl (C=O) groups excluding carboxylic acids is 2. The number of allylic oxidation sites excluding steroid dienone is 1. The van der Waals surface area contributed by atoms with Gasteiger partial charge in [0.2, 0.25) is 0 Å². The van der Waals surface area contributed by atoms with Crippen LogP contribution in [0, 0.1) is 29.6 Å². The van der Waals surface area contributed by atoms with Crippen molar-refractivity contribution in [1.29, 1.82) is 0 Å². The van der Waals surface area contributed by atoms with Crippen LogP contribution >= 0.6 is 0 Å². The molecular formula is C36H60N2O7. The van der Waals surface area contributed by atoms with Crippen LogP contribution in [0.1, 0.15) is 90.9 Å². The molecule has 0 saturated carbocycles. The minimum Gasteiger partial charge on any atom is -0.462 e. The maximum Gasteiger partial charge on any atom is 0.404 e. The average Bonchev–Trinajstić information content (AvgIpc) is 2.99. The van der Waals surface area contributed by atoms with Gasteiger partial charge >= 0.3 is 12.1 Å². The molecule has 0 spiro atoms. The number of aliphatic hydroxyl groups is 3. The minimum atomic E-state index is -0.824. The molecular weight excluding hydrogens is 572 g/mol. The van der Waals surface area contributed by atoms with Crippen molar-refractivity contribution in [2.75, 3.05) is 25.6 Å². The van der Waals surface area contributed by atoms with E-state index in [4.69, 9.17) is 15.2 Å². The van der Waals surface area contributed by atoms with Crippen LogP contribution < -0.4 is 10.6 Å². The Kier molecular flexibility index (Phi) is 18.1. The summed E-state index contributed by atoms with van der Waals surface area (Å²) < 4.78 is 10.8. The van der Waals surface area contributed by atoms with Gasteiger partial charge < -0.3 is 35.4 Å². The van der Waals surface area contributed by atoms with Gasteiger partial charge in [0.1, 0.15) is 6.10 Å². The fourth-order valence-electron chi connectivity index (χ4n) is 5.78. The maximum atomic E-state index is 12.4. The van der Waals surface area contributed by atoms with E-state index in [-0.39, 0.29) is 42.6 Å². The molecule has 256 valence electrons. The summed E-state index contributed by atoms with van der Waals surface area (Å²) in [6.07, 6.45) is 5.74. The molecule has 1 amide bonds. The highest BCUT2D eigenvalue weighted by molar-refractivity contribution is 5.90. The van der Waals surface area contributed by atoms with E-state index < -0.39 is 36.5 Å². The van der Waals surface area contributed by atoms with Crippen LogP contribution in [-0.4, -0.2) is 72.5 Å². The van der Waals surface area contributed by atoms with E-state index in [0.29, 0.717) is 12.0 Å². The molecule has 0 bridgehead atoms. The number of nitrogens with zero attached hydrogens (tertiary/aromatic N) is 1. The normalized spacial score (nSPS) is 18.3. The lowest BCUT2D eigenvalue weighted by molar-refractivity contribution is -0.0360. The van der Waals surface area contributed by atoms with E-state index in [1.165, 1.54) is 0 Å². The third kappa shape index (κ3) is 14.4. The first kappa shape index (κ1) is 40.1. The zero-order chi connectivity index (χ0) is 34.3. The second-order valence-corrected chi connectivity index (χ2v) is 13.1. The summed E-state index contributed by atoms with van der Waals surface area (Å²) in [5, 5.41) is 32.5. The lowest BCUT2D eigenvalue weighted by Gasteiger charge is -2.34. The van der Waals surface area contributed by atoms with Crippen LogP contribution in [0.4, 0.5) is 10.5 Å². The van der Waals surface area contributed by atoms with Crippen molar-refractivity contribution in [3.63, 3.8) is 0 Å². The third-order valence-corrected chi connectivity index (χ3v) is 8.62. The number of anilines is 1. The second-order valence-electron chi connectivity index (χ2n) is 13.1. The first-order valence-electron chi connectivity index (χ1n) is 16.4. The van der Waals surface area contributed by atoms with Gasteiger partial charge in [0, 0.05) is 44.0 Å². The van der Waals surface area contributed by atoms with Crippen LogP contribution in [0.25, 0.3) is 0 Å². The highest BCUT2D eigenvalue weighted by Crippen LogP contribution is 2.30. The average molecular weight is 633 g/mol. The molecule has 5 N–H and O–H groups in total. The van der Waals surface area contributed by atoms with Crippen molar-refractivity contribution in [2.45, 2.75) is 105 Å². The molecule has 0 unspecified atom stereocenters. The summed E-state index contributed by atoms with van der Waals surface area (Å²) in [5.41, 5.74) is 7.75. The van der Waals surface area contributed by atoms with Crippen molar-refractivity contribution in [3.8, 4) is 0 Å². The molecule has 9 heteroatoms. The fourth-order valence-corrected chi connectivity index (χ4v) is 5.78. The zero-order valence-corrected chi connectivity index (χ0v) is 29.0. The maximum absolute atomic E-state index is 12.4. The van der Waals surface area contributed by atoms with E-state index >= 15 is 0 Å². The molecule has 0 fully saturated rings. The summed E-state index contributed by atoms with van der Waals surface area (Å²) in [6, 6.07) is 7.16. The lowest BCUT2D eigenvalue weighted by atomic mass is 9.80. The van der Waals surface area contributed by atoms with E-state index in [9.17, 15) is 24.9 Å². The quantitative estimate of drug-likeness (QED) is 0.0997. The molecule has 0 heterocycles.